The number of thiophene rings is 1. The first kappa shape index (κ1) is 24.1. The van der Waals surface area contributed by atoms with Crippen molar-refractivity contribution in [1.82, 2.24) is 24.8 Å². The average Bonchev–Trinajstić information content (AvgIpc) is 3.45. The fourth-order valence-corrected chi connectivity index (χ4v) is 4.73. The number of pyridine rings is 1. The molecule has 4 aromatic rings. The summed E-state index contributed by atoms with van der Waals surface area (Å²) in [5, 5.41) is 18.0. The molecule has 0 amide bonds. The molecule has 186 valence electrons. The third-order valence-corrected chi connectivity index (χ3v) is 6.99. The van der Waals surface area contributed by atoms with Crippen LogP contribution in [0.4, 0.5) is 23.4 Å². The molecule has 1 fully saturated rings. The van der Waals surface area contributed by atoms with Gasteiger partial charge in [-0.05, 0) is 41.6 Å². The van der Waals surface area contributed by atoms with Crippen LogP contribution in [0.15, 0.2) is 60.1 Å². The molecule has 1 aromatic carbocycles. The van der Waals surface area contributed by atoms with Gasteiger partial charge in [0.25, 0.3) is 0 Å². The zero-order valence-corrected chi connectivity index (χ0v) is 21.1. The predicted octanol–water partition coefficient (Wildman–Crippen LogP) is 3.77. The Bertz CT molecular complexity index is 1260. The van der Waals surface area contributed by atoms with E-state index < -0.39 is 0 Å². The minimum atomic E-state index is 0.177. The average molecular weight is 503 g/mol. The summed E-state index contributed by atoms with van der Waals surface area (Å²) in [7, 11) is 0. The fraction of sp³-hybridized carbons (Fsp3) is 0.308. The van der Waals surface area contributed by atoms with E-state index in [0.29, 0.717) is 36.6 Å². The maximum atomic E-state index is 9.23. The van der Waals surface area contributed by atoms with Crippen LogP contribution in [0.1, 0.15) is 11.1 Å². The van der Waals surface area contributed by atoms with Gasteiger partial charge in [-0.15, -0.1) is 11.3 Å². The maximum absolute atomic E-state index is 9.23. The maximum Gasteiger partial charge on any atom is 0.233 e. The minimum absolute atomic E-state index is 0.177. The van der Waals surface area contributed by atoms with Crippen LogP contribution in [-0.2, 0) is 6.54 Å². The standard InChI is InChI=1S/C26H30N8OS/c1-19-5-2-3-6-21(19)27-17-20-8-9-23(28-18-20)29-25-30-24(22-7-4-16-36-22)31-26(32-25)34-12-10-33(11-13-34)14-15-35/h2-9,16,18,27,35H,10-15,17H2,1H3,(H,28,29,30,31,32). The molecule has 5 rings (SSSR count). The van der Waals surface area contributed by atoms with E-state index in [9.17, 15) is 5.11 Å². The highest BCUT2D eigenvalue weighted by Gasteiger charge is 2.21. The second kappa shape index (κ2) is 11.4. The van der Waals surface area contributed by atoms with E-state index in [1.54, 1.807) is 11.3 Å². The van der Waals surface area contributed by atoms with Crippen LogP contribution in [-0.4, -0.2) is 69.3 Å². The van der Waals surface area contributed by atoms with Gasteiger partial charge in [0.2, 0.25) is 11.9 Å². The number of nitrogens with one attached hydrogen (secondary N) is 2. The number of benzene rings is 1. The lowest BCUT2D eigenvalue weighted by atomic mass is 10.2. The van der Waals surface area contributed by atoms with Gasteiger partial charge in [-0.2, -0.15) is 15.0 Å². The molecule has 0 radical (unpaired) electrons. The number of piperazine rings is 1. The number of aromatic nitrogens is 4. The van der Waals surface area contributed by atoms with Crippen LogP contribution in [0.2, 0.25) is 0 Å². The number of β-amino-alcohol motifs (C(OH)–C–C–N with tert-alkyl or cyclic N) is 1. The number of aliphatic hydroxyl groups is 1. The second-order valence-electron chi connectivity index (χ2n) is 8.66. The van der Waals surface area contributed by atoms with Crippen LogP contribution in [0, 0.1) is 6.92 Å². The summed E-state index contributed by atoms with van der Waals surface area (Å²) >= 11 is 1.60. The largest absolute Gasteiger partial charge is 0.395 e. The Morgan fingerprint density at radius 1 is 0.972 bits per heavy atom. The lowest BCUT2D eigenvalue weighted by molar-refractivity contribution is 0.188. The summed E-state index contributed by atoms with van der Waals surface area (Å²) < 4.78 is 0. The molecular weight excluding hydrogens is 472 g/mol. The van der Waals surface area contributed by atoms with Crippen molar-refractivity contribution in [2.45, 2.75) is 13.5 Å². The molecule has 36 heavy (non-hydrogen) atoms. The summed E-state index contributed by atoms with van der Waals surface area (Å²) in [6.45, 7) is 6.99. The molecule has 0 unspecified atom stereocenters. The molecule has 10 heteroatoms. The molecule has 0 atom stereocenters. The highest BCUT2D eigenvalue weighted by molar-refractivity contribution is 7.13. The Morgan fingerprint density at radius 3 is 2.56 bits per heavy atom. The number of para-hydroxylation sites is 1. The Balaban J connectivity index is 1.30. The van der Waals surface area contributed by atoms with Crippen molar-refractivity contribution in [3.63, 3.8) is 0 Å². The van der Waals surface area contributed by atoms with Crippen molar-refractivity contribution in [1.29, 1.82) is 0 Å². The van der Waals surface area contributed by atoms with Gasteiger partial charge in [-0.1, -0.05) is 30.3 Å². The summed E-state index contributed by atoms with van der Waals surface area (Å²) in [5.41, 5.74) is 3.42. The number of aliphatic hydroxyl groups excluding tert-OH is 1. The van der Waals surface area contributed by atoms with Crippen LogP contribution in [0.3, 0.4) is 0 Å². The van der Waals surface area contributed by atoms with Crippen LogP contribution >= 0.6 is 11.3 Å². The molecule has 0 aliphatic carbocycles. The zero-order chi connectivity index (χ0) is 24.7. The van der Waals surface area contributed by atoms with Gasteiger partial charge in [-0.3, -0.25) is 4.90 Å². The summed E-state index contributed by atoms with van der Waals surface area (Å²) in [4.78, 5) is 24.1. The Morgan fingerprint density at radius 2 is 1.83 bits per heavy atom. The van der Waals surface area contributed by atoms with Crippen molar-refractivity contribution in [2.75, 3.05) is 54.9 Å². The highest BCUT2D eigenvalue weighted by Crippen LogP contribution is 2.25. The third-order valence-electron chi connectivity index (χ3n) is 6.13. The molecule has 4 heterocycles. The van der Waals surface area contributed by atoms with E-state index in [-0.39, 0.29) is 6.61 Å². The first-order chi connectivity index (χ1) is 17.7. The normalized spacial score (nSPS) is 14.1. The van der Waals surface area contributed by atoms with E-state index >= 15 is 0 Å². The SMILES string of the molecule is Cc1ccccc1NCc1ccc(Nc2nc(-c3cccs3)nc(N3CCN(CCO)CC3)n2)nc1. The fourth-order valence-electron chi connectivity index (χ4n) is 4.08. The van der Waals surface area contributed by atoms with Crippen molar-refractivity contribution in [2.24, 2.45) is 0 Å². The monoisotopic (exact) mass is 502 g/mol. The summed E-state index contributed by atoms with van der Waals surface area (Å²) in [6.07, 6.45) is 1.86. The lowest BCUT2D eigenvalue weighted by Crippen LogP contribution is -2.47. The van der Waals surface area contributed by atoms with E-state index in [1.807, 2.05) is 48.0 Å². The number of rotatable bonds is 9. The van der Waals surface area contributed by atoms with Crippen molar-refractivity contribution in [3.8, 4) is 10.7 Å². The molecule has 0 spiro atoms. The summed E-state index contributed by atoms with van der Waals surface area (Å²) in [5.74, 6) is 2.45. The van der Waals surface area contributed by atoms with E-state index in [1.165, 1.54) is 5.56 Å². The van der Waals surface area contributed by atoms with Gasteiger partial charge in [0.15, 0.2) is 5.82 Å². The lowest BCUT2D eigenvalue weighted by Gasteiger charge is -2.34. The van der Waals surface area contributed by atoms with Crippen LogP contribution in [0.5, 0.6) is 0 Å². The Kier molecular flexibility index (Phi) is 7.65. The number of nitrogens with zero attached hydrogens (tertiary/aromatic N) is 6. The van der Waals surface area contributed by atoms with Gasteiger partial charge >= 0.3 is 0 Å². The topological polar surface area (TPSA) is 102 Å². The third kappa shape index (κ3) is 5.96. The van der Waals surface area contributed by atoms with Gasteiger partial charge in [0.1, 0.15) is 5.82 Å². The molecule has 1 aliphatic heterocycles. The minimum Gasteiger partial charge on any atom is -0.395 e. The highest BCUT2D eigenvalue weighted by atomic mass is 32.1. The number of hydrogen-bond donors (Lipinski definition) is 3. The van der Waals surface area contributed by atoms with Crippen molar-refractivity contribution in [3.05, 3.63) is 71.2 Å². The summed E-state index contributed by atoms with van der Waals surface area (Å²) in [6, 6.07) is 16.2. The molecule has 9 nitrogen and oxygen atoms in total. The molecule has 0 bridgehead atoms. The van der Waals surface area contributed by atoms with E-state index in [4.69, 9.17) is 9.97 Å². The number of hydrogen-bond acceptors (Lipinski definition) is 10. The number of anilines is 4. The second-order valence-corrected chi connectivity index (χ2v) is 9.61. The first-order valence-electron chi connectivity index (χ1n) is 12.1. The Hall–Kier alpha value is -3.60. The Labute approximate surface area is 214 Å². The first-order valence-corrected chi connectivity index (χ1v) is 13.0. The molecule has 1 saturated heterocycles. The van der Waals surface area contributed by atoms with Gasteiger partial charge < -0.3 is 20.6 Å². The van der Waals surface area contributed by atoms with Crippen LogP contribution in [0.25, 0.3) is 10.7 Å². The predicted molar refractivity (Wildman–Crippen MR) is 145 cm³/mol. The molecule has 0 saturated carbocycles. The van der Waals surface area contributed by atoms with E-state index in [2.05, 4.69) is 49.5 Å². The molecule has 3 N–H and O–H groups in total. The van der Waals surface area contributed by atoms with Crippen molar-refractivity contribution < 1.29 is 5.11 Å². The van der Waals surface area contributed by atoms with E-state index in [0.717, 1.165) is 42.3 Å². The van der Waals surface area contributed by atoms with Crippen LogP contribution < -0.4 is 15.5 Å². The van der Waals surface area contributed by atoms with Gasteiger partial charge in [-0.25, -0.2) is 4.98 Å². The molecule has 1 aliphatic rings. The zero-order valence-electron chi connectivity index (χ0n) is 20.3. The van der Waals surface area contributed by atoms with Gasteiger partial charge in [0, 0.05) is 51.2 Å². The molecular formula is C26H30N8OS. The van der Waals surface area contributed by atoms with Crippen molar-refractivity contribution >= 4 is 34.7 Å². The molecule has 3 aromatic heterocycles. The smallest absolute Gasteiger partial charge is 0.233 e. The van der Waals surface area contributed by atoms with Gasteiger partial charge in [0.05, 0.1) is 11.5 Å². The number of aryl methyl sites for hydroxylation is 1. The quantitative estimate of drug-likeness (QED) is 0.316.